The Morgan fingerprint density at radius 2 is 2.35 bits per heavy atom. The van der Waals surface area contributed by atoms with Gasteiger partial charge in [-0.15, -0.1) is 0 Å². The van der Waals surface area contributed by atoms with Gasteiger partial charge in [-0.05, 0) is 13.8 Å². The van der Waals surface area contributed by atoms with E-state index < -0.39 is 10.9 Å². The molecule has 0 aliphatic heterocycles. The van der Waals surface area contributed by atoms with Crippen molar-refractivity contribution in [2.45, 2.75) is 13.8 Å². The Kier molecular flexibility index (Phi) is 3.94. The number of anilines is 1. The Morgan fingerprint density at radius 1 is 1.71 bits per heavy atom. The number of aryl methyl sites for hydroxylation is 1. The van der Waals surface area contributed by atoms with Crippen molar-refractivity contribution in [3.63, 3.8) is 0 Å². The van der Waals surface area contributed by atoms with Crippen LogP contribution in [0.2, 0.25) is 0 Å². The SMILES string of the molecule is CCOC(=O)c1cc([N+](=O)[O-])c(C)nc1NN. The number of carbonyl (C=O) groups is 1. The summed E-state index contributed by atoms with van der Waals surface area (Å²) >= 11 is 0. The van der Waals surface area contributed by atoms with Gasteiger partial charge in [0.1, 0.15) is 11.3 Å². The number of hydrogen-bond acceptors (Lipinski definition) is 7. The highest BCUT2D eigenvalue weighted by molar-refractivity contribution is 5.95. The van der Waals surface area contributed by atoms with Crippen molar-refractivity contribution in [1.29, 1.82) is 0 Å². The number of hydrogen-bond donors (Lipinski definition) is 2. The first kappa shape index (κ1) is 12.8. The molecule has 0 amide bonds. The van der Waals surface area contributed by atoms with Crippen molar-refractivity contribution in [3.05, 3.63) is 27.4 Å². The highest BCUT2D eigenvalue weighted by Gasteiger charge is 2.21. The lowest BCUT2D eigenvalue weighted by molar-refractivity contribution is -0.385. The van der Waals surface area contributed by atoms with Crippen LogP contribution >= 0.6 is 0 Å². The summed E-state index contributed by atoms with van der Waals surface area (Å²) in [7, 11) is 0. The van der Waals surface area contributed by atoms with E-state index in [4.69, 9.17) is 10.6 Å². The summed E-state index contributed by atoms with van der Waals surface area (Å²) in [4.78, 5) is 25.5. The summed E-state index contributed by atoms with van der Waals surface area (Å²) in [5.41, 5.74) is 2.05. The molecule has 8 heteroatoms. The Labute approximate surface area is 96.9 Å². The van der Waals surface area contributed by atoms with Gasteiger partial charge in [-0.25, -0.2) is 15.6 Å². The largest absolute Gasteiger partial charge is 0.462 e. The third kappa shape index (κ3) is 2.67. The molecule has 1 aromatic heterocycles. The molecule has 0 saturated heterocycles. The Morgan fingerprint density at radius 3 is 2.82 bits per heavy atom. The Bertz CT molecular complexity index is 461. The maximum absolute atomic E-state index is 11.5. The first-order valence-electron chi connectivity index (χ1n) is 4.81. The molecule has 0 bridgehead atoms. The van der Waals surface area contributed by atoms with Gasteiger partial charge in [0.25, 0.3) is 5.69 Å². The molecule has 0 spiro atoms. The zero-order chi connectivity index (χ0) is 13.0. The third-order valence-electron chi connectivity index (χ3n) is 2.02. The van der Waals surface area contributed by atoms with Crippen molar-refractivity contribution in [3.8, 4) is 0 Å². The van der Waals surface area contributed by atoms with E-state index >= 15 is 0 Å². The zero-order valence-corrected chi connectivity index (χ0v) is 9.39. The summed E-state index contributed by atoms with van der Waals surface area (Å²) < 4.78 is 4.75. The van der Waals surface area contributed by atoms with Crippen LogP contribution < -0.4 is 11.3 Å². The lowest BCUT2D eigenvalue weighted by Gasteiger charge is -2.08. The van der Waals surface area contributed by atoms with Gasteiger partial charge >= 0.3 is 5.97 Å². The number of nitro groups is 1. The van der Waals surface area contributed by atoms with E-state index in [-0.39, 0.29) is 29.4 Å². The number of esters is 1. The fourth-order valence-corrected chi connectivity index (χ4v) is 1.25. The summed E-state index contributed by atoms with van der Waals surface area (Å²) in [5.74, 6) is 4.53. The number of aromatic nitrogens is 1. The topological polar surface area (TPSA) is 120 Å². The Balaban J connectivity index is 3.31. The quantitative estimate of drug-likeness (QED) is 0.345. The van der Waals surface area contributed by atoms with Crippen molar-refractivity contribution in [1.82, 2.24) is 4.98 Å². The van der Waals surface area contributed by atoms with E-state index in [1.807, 2.05) is 0 Å². The molecule has 17 heavy (non-hydrogen) atoms. The smallest absolute Gasteiger partial charge is 0.342 e. The van der Waals surface area contributed by atoms with Crippen molar-refractivity contribution in [2.24, 2.45) is 5.84 Å². The van der Waals surface area contributed by atoms with E-state index in [0.29, 0.717) is 0 Å². The highest BCUT2D eigenvalue weighted by atomic mass is 16.6. The summed E-state index contributed by atoms with van der Waals surface area (Å²) in [6.07, 6.45) is 0. The van der Waals surface area contributed by atoms with Crippen LogP contribution in [0, 0.1) is 17.0 Å². The molecular weight excluding hydrogens is 228 g/mol. The highest BCUT2D eigenvalue weighted by Crippen LogP contribution is 2.23. The van der Waals surface area contributed by atoms with E-state index in [2.05, 4.69) is 10.4 Å². The average molecular weight is 240 g/mol. The van der Waals surface area contributed by atoms with E-state index in [1.165, 1.54) is 6.92 Å². The number of carbonyl (C=O) groups excluding carboxylic acids is 1. The average Bonchev–Trinajstić information content (AvgIpc) is 2.28. The monoisotopic (exact) mass is 240 g/mol. The van der Waals surface area contributed by atoms with Crippen LogP contribution in [0.25, 0.3) is 0 Å². The third-order valence-corrected chi connectivity index (χ3v) is 2.02. The Hall–Kier alpha value is -2.22. The van der Waals surface area contributed by atoms with Crippen LogP contribution in [-0.2, 0) is 4.74 Å². The van der Waals surface area contributed by atoms with Crippen LogP contribution in [0.5, 0.6) is 0 Å². The molecule has 3 N–H and O–H groups in total. The van der Waals surface area contributed by atoms with Crippen molar-refractivity contribution in [2.75, 3.05) is 12.0 Å². The minimum absolute atomic E-state index is 0.0477. The molecule has 0 aliphatic carbocycles. The number of nitrogen functional groups attached to an aromatic ring is 1. The molecule has 0 saturated carbocycles. The lowest BCUT2D eigenvalue weighted by Crippen LogP contribution is -2.16. The fourth-order valence-electron chi connectivity index (χ4n) is 1.25. The molecule has 1 rings (SSSR count). The maximum atomic E-state index is 11.5. The molecule has 92 valence electrons. The summed E-state index contributed by atoms with van der Waals surface area (Å²) in [5, 5.41) is 10.7. The second-order valence-electron chi connectivity index (χ2n) is 3.11. The van der Waals surface area contributed by atoms with Crippen molar-refractivity contribution < 1.29 is 14.5 Å². The molecule has 1 aromatic rings. The first-order valence-corrected chi connectivity index (χ1v) is 4.81. The van der Waals surface area contributed by atoms with Crippen LogP contribution in [0.1, 0.15) is 23.0 Å². The van der Waals surface area contributed by atoms with E-state index in [0.717, 1.165) is 6.07 Å². The van der Waals surface area contributed by atoms with Gasteiger partial charge in [0.05, 0.1) is 11.5 Å². The molecule has 0 aromatic carbocycles. The molecule has 0 fully saturated rings. The minimum Gasteiger partial charge on any atom is -0.462 e. The molecule has 0 unspecified atom stereocenters. The number of nitrogens with one attached hydrogen (secondary N) is 1. The van der Waals surface area contributed by atoms with E-state index in [9.17, 15) is 14.9 Å². The summed E-state index contributed by atoms with van der Waals surface area (Å²) in [6, 6.07) is 1.09. The fraction of sp³-hybridized carbons (Fsp3) is 0.333. The number of nitrogens with zero attached hydrogens (tertiary/aromatic N) is 2. The zero-order valence-electron chi connectivity index (χ0n) is 9.39. The second-order valence-corrected chi connectivity index (χ2v) is 3.11. The second kappa shape index (κ2) is 5.21. The van der Waals surface area contributed by atoms with Gasteiger partial charge in [-0.2, -0.15) is 0 Å². The number of ether oxygens (including phenoxy) is 1. The predicted molar refractivity (Wildman–Crippen MR) is 59.4 cm³/mol. The molecule has 0 radical (unpaired) electrons. The van der Waals surface area contributed by atoms with Crippen LogP contribution in [0.4, 0.5) is 11.5 Å². The molecule has 1 heterocycles. The number of hydrazine groups is 1. The molecular formula is C9H12N4O4. The number of rotatable bonds is 4. The van der Waals surface area contributed by atoms with Gasteiger partial charge in [0, 0.05) is 6.07 Å². The van der Waals surface area contributed by atoms with Crippen LogP contribution in [0.15, 0.2) is 6.07 Å². The first-order chi connectivity index (χ1) is 8.01. The van der Waals surface area contributed by atoms with Gasteiger partial charge in [0.2, 0.25) is 0 Å². The summed E-state index contributed by atoms with van der Waals surface area (Å²) in [6.45, 7) is 3.24. The van der Waals surface area contributed by atoms with Gasteiger partial charge < -0.3 is 10.2 Å². The standard InChI is InChI=1S/C9H12N4O4/c1-3-17-9(14)6-4-7(13(15)16)5(2)11-8(6)12-10/h4H,3,10H2,1-2H3,(H,11,12). The predicted octanol–water partition coefficient (Wildman–Crippen LogP) is 0.761. The van der Waals surface area contributed by atoms with Gasteiger partial charge in [-0.1, -0.05) is 0 Å². The number of nitrogens with two attached hydrogens (primary N) is 1. The maximum Gasteiger partial charge on any atom is 0.342 e. The van der Waals surface area contributed by atoms with Crippen LogP contribution in [0.3, 0.4) is 0 Å². The molecule has 0 aliphatic rings. The lowest BCUT2D eigenvalue weighted by atomic mass is 10.2. The van der Waals surface area contributed by atoms with Crippen LogP contribution in [-0.4, -0.2) is 22.5 Å². The van der Waals surface area contributed by atoms with Gasteiger partial charge in [0.15, 0.2) is 5.82 Å². The van der Waals surface area contributed by atoms with Crippen molar-refractivity contribution >= 4 is 17.5 Å². The number of pyridine rings is 1. The minimum atomic E-state index is -0.712. The molecule has 8 nitrogen and oxygen atoms in total. The van der Waals surface area contributed by atoms with Gasteiger partial charge in [-0.3, -0.25) is 10.1 Å². The van der Waals surface area contributed by atoms with E-state index in [1.54, 1.807) is 6.92 Å². The molecule has 0 atom stereocenters. The normalized spacial score (nSPS) is 9.82.